The van der Waals surface area contributed by atoms with E-state index in [0.29, 0.717) is 18.7 Å². The third-order valence-corrected chi connectivity index (χ3v) is 4.59. The number of ether oxygens (including phenoxy) is 1. The van der Waals surface area contributed by atoms with Gasteiger partial charge < -0.3 is 15.0 Å². The van der Waals surface area contributed by atoms with E-state index in [9.17, 15) is 18.8 Å². The average molecular weight is 399 g/mol. The number of carbonyl (C=O) groups is 3. The number of urea groups is 1. The molecular weight excluding hydrogens is 377 g/mol. The van der Waals surface area contributed by atoms with Crippen LogP contribution in [-0.4, -0.2) is 49.0 Å². The Bertz CT molecular complexity index is 873. The van der Waals surface area contributed by atoms with Crippen LogP contribution in [0.1, 0.15) is 12.8 Å². The highest BCUT2D eigenvalue weighted by Gasteiger charge is 2.46. The summed E-state index contributed by atoms with van der Waals surface area (Å²) in [7, 11) is 1.55. The first-order valence-electron chi connectivity index (χ1n) is 9.25. The number of rotatable bonds is 8. The molecule has 2 aromatic carbocycles. The molecule has 29 heavy (non-hydrogen) atoms. The minimum absolute atomic E-state index is 0.176. The van der Waals surface area contributed by atoms with E-state index >= 15 is 0 Å². The lowest BCUT2D eigenvalue weighted by atomic mass is 10.1. The molecule has 0 unspecified atom stereocenters. The fraction of sp³-hybridized carbons (Fsp3) is 0.286. The smallest absolute Gasteiger partial charge is 0.332 e. The Balaban J connectivity index is 1.79. The summed E-state index contributed by atoms with van der Waals surface area (Å²) in [6.45, 7) is 0.677. The maximum absolute atomic E-state index is 13.2. The van der Waals surface area contributed by atoms with Gasteiger partial charge in [-0.15, -0.1) is 0 Å². The van der Waals surface area contributed by atoms with E-state index in [4.69, 9.17) is 4.74 Å². The van der Waals surface area contributed by atoms with Crippen LogP contribution in [0.25, 0.3) is 0 Å². The number of nitrogens with zero attached hydrogens (tertiary/aromatic N) is 2. The number of hydrogen-bond acceptors (Lipinski definition) is 4. The Morgan fingerprint density at radius 3 is 2.45 bits per heavy atom. The van der Waals surface area contributed by atoms with Crippen LogP contribution in [-0.2, 0) is 14.3 Å². The first-order valence-corrected chi connectivity index (χ1v) is 9.25. The van der Waals surface area contributed by atoms with Gasteiger partial charge in [0.15, 0.2) is 0 Å². The lowest BCUT2D eigenvalue weighted by molar-refractivity contribution is -0.124. The summed E-state index contributed by atoms with van der Waals surface area (Å²) in [5, 5.41) is 2.73. The average Bonchev–Trinajstić information content (AvgIpc) is 2.94. The molecule has 1 fully saturated rings. The number of halogens is 1. The molecule has 0 aliphatic carbocycles. The second-order valence-corrected chi connectivity index (χ2v) is 6.61. The number of para-hydroxylation sites is 1. The third kappa shape index (κ3) is 4.78. The van der Waals surface area contributed by atoms with Gasteiger partial charge >= 0.3 is 6.03 Å². The highest BCUT2D eigenvalue weighted by molar-refractivity contribution is 6.22. The summed E-state index contributed by atoms with van der Waals surface area (Å²) in [5.74, 6) is -1.36. The molecule has 1 saturated heterocycles. The predicted molar refractivity (Wildman–Crippen MR) is 106 cm³/mol. The van der Waals surface area contributed by atoms with Crippen LogP contribution in [0.4, 0.5) is 20.6 Å². The van der Waals surface area contributed by atoms with E-state index in [1.807, 2.05) is 6.07 Å². The second-order valence-electron chi connectivity index (χ2n) is 6.61. The molecule has 1 heterocycles. The van der Waals surface area contributed by atoms with Gasteiger partial charge in [-0.3, -0.25) is 9.59 Å². The van der Waals surface area contributed by atoms with Crippen molar-refractivity contribution in [3.8, 4) is 0 Å². The Hall–Kier alpha value is -3.26. The fourth-order valence-corrected chi connectivity index (χ4v) is 3.20. The number of amides is 4. The lowest BCUT2D eigenvalue weighted by Gasteiger charge is -2.21. The lowest BCUT2D eigenvalue weighted by Crippen LogP contribution is -2.38. The molecule has 1 atom stereocenters. The quantitative estimate of drug-likeness (QED) is 0.547. The Kier molecular flexibility index (Phi) is 6.56. The number of methoxy groups -OCH3 is 1. The molecule has 0 spiro atoms. The molecule has 8 heteroatoms. The van der Waals surface area contributed by atoms with Crippen LogP contribution in [0.3, 0.4) is 0 Å². The number of anilines is 2. The summed E-state index contributed by atoms with van der Waals surface area (Å²) in [4.78, 5) is 40.8. The van der Waals surface area contributed by atoms with Gasteiger partial charge in [-0.25, -0.2) is 14.1 Å². The van der Waals surface area contributed by atoms with Crippen LogP contribution < -0.4 is 10.2 Å². The maximum atomic E-state index is 13.2. The van der Waals surface area contributed by atoms with Crippen molar-refractivity contribution >= 4 is 29.2 Å². The number of hydrogen-bond donors (Lipinski definition) is 1. The van der Waals surface area contributed by atoms with Gasteiger partial charge in [0.1, 0.15) is 11.9 Å². The van der Waals surface area contributed by atoms with Crippen LogP contribution in [0, 0.1) is 5.82 Å². The maximum Gasteiger partial charge on any atom is 0.332 e. The van der Waals surface area contributed by atoms with Gasteiger partial charge in [0.25, 0.3) is 5.91 Å². The SMILES string of the molecule is COCCCN1C(=O)N(c2ccc(F)cc2)C(=O)[C@@H]1CC(=O)Nc1ccccc1. The largest absolute Gasteiger partial charge is 0.385 e. The monoisotopic (exact) mass is 399 g/mol. The standard InChI is InChI=1S/C21H22FN3O4/c1-29-13-5-12-24-18(14-19(26)23-16-6-3-2-4-7-16)20(27)25(21(24)28)17-10-8-15(22)9-11-17/h2-4,6-11,18H,5,12-14H2,1H3,(H,23,26)/t18-/m0/s1. The van der Waals surface area contributed by atoms with Crippen LogP contribution in [0.5, 0.6) is 0 Å². The van der Waals surface area contributed by atoms with Crippen LogP contribution in [0.2, 0.25) is 0 Å². The third-order valence-electron chi connectivity index (χ3n) is 4.59. The normalized spacial score (nSPS) is 16.4. The molecule has 0 bridgehead atoms. The molecule has 2 aromatic rings. The Morgan fingerprint density at radius 2 is 1.79 bits per heavy atom. The van der Waals surface area contributed by atoms with Crippen molar-refractivity contribution < 1.29 is 23.5 Å². The van der Waals surface area contributed by atoms with Crippen molar-refractivity contribution in [3.63, 3.8) is 0 Å². The highest BCUT2D eigenvalue weighted by Crippen LogP contribution is 2.27. The number of nitrogens with one attached hydrogen (secondary N) is 1. The topological polar surface area (TPSA) is 79.0 Å². The van der Waals surface area contributed by atoms with Gasteiger partial charge in [-0.1, -0.05) is 18.2 Å². The van der Waals surface area contributed by atoms with E-state index in [1.165, 1.54) is 29.2 Å². The zero-order valence-electron chi connectivity index (χ0n) is 16.0. The van der Waals surface area contributed by atoms with Crippen molar-refractivity contribution in [1.82, 2.24) is 4.90 Å². The predicted octanol–water partition coefficient (Wildman–Crippen LogP) is 3.03. The highest BCUT2D eigenvalue weighted by atomic mass is 19.1. The summed E-state index contributed by atoms with van der Waals surface area (Å²) >= 11 is 0. The molecule has 3 rings (SSSR count). The molecular formula is C21H22FN3O4. The van der Waals surface area contributed by atoms with Gasteiger partial charge in [0, 0.05) is 25.9 Å². The Labute approximate surface area is 168 Å². The van der Waals surface area contributed by atoms with Crippen molar-refractivity contribution in [2.24, 2.45) is 0 Å². The molecule has 0 radical (unpaired) electrons. The van der Waals surface area contributed by atoms with Crippen molar-refractivity contribution in [2.45, 2.75) is 18.9 Å². The molecule has 4 amide bonds. The first-order chi connectivity index (χ1) is 14.0. The summed E-state index contributed by atoms with van der Waals surface area (Å²) in [5.41, 5.74) is 0.875. The minimum Gasteiger partial charge on any atom is -0.385 e. The summed E-state index contributed by atoms with van der Waals surface area (Å²) in [6.07, 6.45) is 0.341. The van der Waals surface area contributed by atoms with E-state index in [-0.39, 0.29) is 24.6 Å². The zero-order valence-corrected chi connectivity index (χ0v) is 16.0. The molecule has 1 N–H and O–H groups in total. The second kappa shape index (κ2) is 9.29. The molecule has 1 aliphatic rings. The van der Waals surface area contributed by atoms with E-state index in [0.717, 1.165) is 4.90 Å². The molecule has 0 saturated carbocycles. The van der Waals surface area contributed by atoms with Gasteiger partial charge in [0.05, 0.1) is 12.1 Å². The van der Waals surface area contributed by atoms with Crippen molar-refractivity contribution in [3.05, 3.63) is 60.4 Å². The minimum atomic E-state index is -0.937. The van der Waals surface area contributed by atoms with Crippen LogP contribution >= 0.6 is 0 Å². The zero-order chi connectivity index (χ0) is 20.8. The summed E-state index contributed by atoms with van der Waals surface area (Å²) in [6, 6.07) is 12.5. The Morgan fingerprint density at radius 1 is 1.10 bits per heavy atom. The van der Waals surface area contributed by atoms with Crippen LogP contribution in [0.15, 0.2) is 54.6 Å². The molecule has 152 valence electrons. The molecule has 7 nitrogen and oxygen atoms in total. The van der Waals surface area contributed by atoms with Crippen molar-refractivity contribution in [2.75, 3.05) is 30.5 Å². The summed E-state index contributed by atoms with van der Waals surface area (Å²) < 4.78 is 18.3. The fourth-order valence-electron chi connectivity index (χ4n) is 3.20. The molecule has 1 aliphatic heterocycles. The first kappa shape index (κ1) is 20.5. The van der Waals surface area contributed by atoms with E-state index in [1.54, 1.807) is 31.4 Å². The number of carbonyl (C=O) groups excluding carboxylic acids is 3. The van der Waals surface area contributed by atoms with Gasteiger partial charge in [-0.2, -0.15) is 0 Å². The number of imide groups is 1. The van der Waals surface area contributed by atoms with E-state index < -0.39 is 23.8 Å². The van der Waals surface area contributed by atoms with Gasteiger partial charge in [-0.05, 0) is 42.8 Å². The molecule has 0 aromatic heterocycles. The number of benzene rings is 2. The van der Waals surface area contributed by atoms with E-state index in [2.05, 4.69) is 5.32 Å². The van der Waals surface area contributed by atoms with Gasteiger partial charge in [0.2, 0.25) is 5.91 Å². The van der Waals surface area contributed by atoms with Crippen molar-refractivity contribution in [1.29, 1.82) is 0 Å².